The van der Waals surface area contributed by atoms with Gasteiger partial charge in [-0.2, -0.15) is 0 Å². The second-order valence-electron chi connectivity index (χ2n) is 3.96. The molecule has 0 aliphatic carbocycles. The molecule has 0 radical (unpaired) electrons. The lowest BCUT2D eigenvalue weighted by Crippen LogP contribution is -1.98. The van der Waals surface area contributed by atoms with Gasteiger partial charge in [0.2, 0.25) is 0 Å². The van der Waals surface area contributed by atoms with Gasteiger partial charge in [0.25, 0.3) is 0 Å². The first-order valence-electron chi connectivity index (χ1n) is 5.35. The first-order chi connectivity index (χ1) is 8.65. The quantitative estimate of drug-likeness (QED) is 0.557. The van der Waals surface area contributed by atoms with Gasteiger partial charge in [-0.3, -0.25) is 0 Å². The number of rotatable bonds is 1. The number of phenols is 1. The summed E-state index contributed by atoms with van der Waals surface area (Å²) in [7, 11) is 0. The molecule has 3 rings (SSSR count). The third-order valence-corrected chi connectivity index (χ3v) is 2.64. The highest BCUT2D eigenvalue weighted by Crippen LogP contribution is 2.24. The van der Waals surface area contributed by atoms with Crippen molar-refractivity contribution in [2.45, 2.75) is 0 Å². The van der Waals surface area contributed by atoms with E-state index >= 15 is 0 Å². The highest BCUT2D eigenvalue weighted by Gasteiger charge is 2.10. The van der Waals surface area contributed by atoms with Gasteiger partial charge in [-0.15, -0.1) is 15.0 Å². The van der Waals surface area contributed by atoms with Crippen molar-refractivity contribution in [1.29, 1.82) is 0 Å². The molecule has 0 fully saturated rings. The van der Waals surface area contributed by atoms with Gasteiger partial charge in [0.15, 0.2) is 0 Å². The number of anilines is 2. The molecule has 0 spiro atoms. The fourth-order valence-electron chi connectivity index (χ4n) is 1.81. The molecule has 0 aliphatic rings. The summed E-state index contributed by atoms with van der Waals surface area (Å²) in [6, 6.07) is 10.1. The van der Waals surface area contributed by atoms with Gasteiger partial charge in [-0.1, -0.05) is 12.1 Å². The topological polar surface area (TPSA) is 103 Å². The van der Waals surface area contributed by atoms with Crippen LogP contribution >= 0.6 is 0 Å². The molecule has 0 unspecified atom stereocenters. The van der Waals surface area contributed by atoms with Crippen LogP contribution in [0.3, 0.4) is 0 Å². The van der Waals surface area contributed by atoms with Crippen LogP contribution in [0.4, 0.5) is 11.4 Å². The van der Waals surface area contributed by atoms with Crippen LogP contribution in [0, 0.1) is 0 Å². The van der Waals surface area contributed by atoms with Crippen LogP contribution in [-0.4, -0.2) is 20.1 Å². The average Bonchev–Trinajstić information content (AvgIpc) is 2.73. The Bertz CT molecular complexity index is 734. The Morgan fingerprint density at radius 3 is 2.61 bits per heavy atom. The van der Waals surface area contributed by atoms with Crippen LogP contribution in [-0.2, 0) is 0 Å². The number of aromatic hydroxyl groups is 1. The summed E-state index contributed by atoms with van der Waals surface area (Å²) < 4.78 is 0. The van der Waals surface area contributed by atoms with E-state index in [-0.39, 0.29) is 5.75 Å². The summed E-state index contributed by atoms with van der Waals surface area (Å²) in [5.74, 6) is 0.101. The van der Waals surface area contributed by atoms with E-state index in [2.05, 4.69) is 10.2 Å². The molecular weight excluding hydrogens is 230 g/mol. The minimum absolute atomic E-state index is 0.101. The van der Waals surface area contributed by atoms with E-state index in [1.54, 1.807) is 36.4 Å². The molecule has 2 aromatic carbocycles. The van der Waals surface area contributed by atoms with Crippen LogP contribution in [0.15, 0.2) is 36.4 Å². The molecule has 6 heteroatoms. The van der Waals surface area contributed by atoms with Crippen molar-refractivity contribution < 1.29 is 5.11 Å². The fraction of sp³-hybridized carbons (Fsp3) is 0. The first kappa shape index (κ1) is 10.4. The van der Waals surface area contributed by atoms with E-state index in [0.717, 1.165) is 0 Å². The number of aromatic nitrogens is 3. The van der Waals surface area contributed by atoms with Gasteiger partial charge in [0.1, 0.15) is 22.5 Å². The van der Waals surface area contributed by atoms with Gasteiger partial charge in [0.05, 0.1) is 5.69 Å². The van der Waals surface area contributed by atoms with Crippen LogP contribution in [0.25, 0.3) is 16.7 Å². The first-order valence-corrected chi connectivity index (χ1v) is 5.35. The summed E-state index contributed by atoms with van der Waals surface area (Å²) in [4.78, 5) is 1.34. The van der Waals surface area contributed by atoms with Gasteiger partial charge in [-0.25, -0.2) is 0 Å². The largest absolute Gasteiger partial charge is 0.506 e. The number of nitrogen functional groups attached to an aromatic ring is 2. The lowest BCUT2D eigenvalue weighted by molar-refractivity contribution is 0.468. The Hall–Kier alpha value is -2.76. The number of nitrogens with zero attached hydrogens (tertiary/aromatic N) is 3. The smallest absolute Gasteiger partial charge is 0.143 e. The van der Waals surface area contributed by atoms with Crippen LogP contribution in [0.5, 0.6) is 5.75 Å². The van der Waals surface area contributed by atoms with Crippen molar-refractivity contribution in [2.75, 3.05) is 11.5 Å². The van der Waals surface area contributed by atoms with Crippen molar-refractivity contribution in [3.63, 3.8) is 0 Å². The van der Waals surface area contributed by atoms with Gasteiger partial charge in [-0.05, 0) is 24.3 Å². The molecule has 0 atom stereocenters. The Kier molecular flexibility index (Phi) is 2.09. The molecule has 1 aromatic heterocycles. The zero-order valence-corrected chi connectivity index (χ0v) is 9.41. The number of hydrogen-bond acceptors (Lipinski definition) is 5. The average molecular weight is 241 g/mol. The number of nitrogens with two attached hydrogens (primary N) is 2. The predicted octanol–water partition coefficient (Wildman–Crippen LogP) is 1.29. The maximum Gasteiger partial charge on any atom is 0.143 e. The molecule has 5 N–H and O–H groups in total. The molecule has 1 heterocycles. The summed E-state index contributed by atoms with van der Waals surface area (Å²) in [6.45, 7) is 0. The van der Waals surface area contributed by atoms with E-state index < -0.39 is 0 Å². The normalized spacial score (nSPS) is 10.9. The molecule has 0 bridgehead atoms. The number of hydrogen-bond donors (Lipinski definition) is 3. The second-order valence-corrected chi connectivity index (χ2v) is 3.96. The minimum atomic E-state index is 0.101. The third kappa shape index (κ3) is 1.51. The van der Waals surface area contributed by atoms with Crippen molar-refractivity contribution in [3.05, 3.63) is 36.4 Å². The molecule has 0 saturated heterocycles. The van der Waals surface area contributed by atoms with Crippen molar-refractivity contribution in [2.24, 2.45) is 0 Å². The minimum Gasteiger partial charge on any atom is -0.506 e. The second kappa shape index (κ2) is 3.63. The predicted molar refractivity (Wildman–Crippen MR) is 69.4 cm³/mol. The molecule has 0 aliphatic heterocycles. The summed E-state index contributed by atoms with van der Waals surface area (Å²) in [5, 5.41) is 18.3. The molecule has 0 saturated carbocycles. The molecular formula is C12H11N5O. The van der Waals surface area contributed by atoms with E-state index in [1.807, 2.05) is 0 Å². The maximum atomic E-state index is 9.76. The van der Waals surface area contributed by atoms with E-state index in [0.29, 0.717) is 28.1 Å². The van der Waals surface area contributed by atoms with Crippen molar-refractivity contribution in [3.8, 4) is 11.4 Å². The highest BCUT2D eigenvalue weighted by molar-refractivity contribution is 5.89. The van der Waals surface area contributed by atoms with Gasteiger partial charge >= 0.3 is 0 Å². The van der Waals surface area contributed by atoms with Gasteiger partial charge in [0, 0.05) is 5.69 Å². The number of fused-ring (bicyclic) bond motifs is 1. The summed E-state index contributed by atoms with van der Waals surface area (Å²) in [5.41, 5.74) is 14.2. The Morgan fingerprint density at radius 1 is 1.06 bits per heavy atom. The highest BCUT2D eigenvalue weighted by atomic mass is 16.3. The fourth-order valence-corrected chi connectivity index (χ4v) is 1.81. The molecule has 0 amide bonds. The Morgan fingerprint density at radius 2 is 1.83 bits per heavy atom. The van der Waals surface area contributed by atoms with Crippen LogP contribution in [0.2, 0.25) is 0 Å². The van der Waals surface area contributed by atoms with E-state index in [1.165, 1.54) is 4.80 Å². The third-order valence-electron chi connectivity index (χ3n) is 2.64. The van der Waals surface area contributed by atoms with E-state index in [4.69, 9.17) is 11.5 Å². The summed E-state index contributed by atoms with van der Waals surface area (Å²) in [6.07, 6.45) is 0. The maximum absolute atomic E-state index is 9.76. The Balaban J connectivity index is 2.26. The van der Waals surface area contributed by atoms with E-state index in [9.17, 15) is 5.11 Å². The molecule has 18 heavy (non-hydrogen) atoms. The van der Waals surface area contributed by atoms with Crippen LogP contribution < -0.4 is 11.5 Å². The zero-order chi connectivity index (χ0) is 12.7. The molecule has 90 valence electrons. The SMILES string of the molecule is Nc1cc(N)c2nn(-c3ccccc3O)nc2c1. The number of phenolic OH excluding ortho intramolecular Hbond substituents is 1. The molecule has 6 nitrogen and oxygen atoms in total. The lowest BCUT2D eigenvalue weighted by atomic mass is 10.2. The lowest BCUT2D eigenvalue weighted by Gasteiger charge is -2.00. The van der Waals surface area contributed by atoms with Crippen molar-refractivity contribution >= 4 is 22.4 Å². The standard InChI is InChI=1S/C12H11N5O/c13-7-5-8(14)12-9(6-7)15-17(16-12)10-3-1-2-4-11(10)18/h1-6,18H,13-14H2. The van der Waals surface area contributed by atoms with Crippen molar-refractivity contribution in [1.82, 2.24) is 15.0 Å². The summed E-state index contributed by atoms with van der Waals surface area (Å²) >= 11 is 0. The van der Waals surface area contributed by atoms with Crippen LogP contribution in [0.1, 0.15) is 0 Å². The van der Waals surface area contributed by atoms with Gasteiger partial charge < -0.3 is 16.6 Å². The molecule has 3 aromatic rings. The Labute approximate surface area is 102 Å². The monoisotopic (exact) mass is 241 g/mol. The number of para-hydroxylation sites is 2. The number of benzene rings is 2. The zero-order valence-electron chi connectivity index (χ0n) is 9.41.